The van der Waals surface area contributed by atoms with Crippen molar-refractivity contribution < 1.29 is 19.8 Å². The molecule has 1 heterocycles. The van der Waals surface area contributed by atoms with Gasteiger partial charge in [-0.15, -0.1) is 11.3 Å². The molecule has 8 atom stereocenters. The number of ketones is 1. The number of amides is 2. The van der Waals surface area contributed by atoms with Gasteiger partial charge in [-0.3, -0.25) is 4.79 Å². The van der Waals surface area contributed by atoms with Crippen LogP contribution in [0.4, 0.5) is 10.5 Å². The van der Waals surface area contributed by atoms with Crippen molar-refractivity contribution in [3.8, 4) is 0 Å². The smallest absolute Gasteiger partial charge is 0.321 e. The van der Waals surface area contributed by atoms with Crippen LogP contribution in [-0.2, 0) is 6.42 Å². The van der Waals surface area contributed by atoms with Gasteiger partial charge in [-0.2, -0.15) is 0 Å². The lowest BCUT2D eigenvalue weighted by Gasteiger charge is -2.71. The molecule has 3 aromatic rings. The van der Waals surface area contributed by atoms with Crippen LogP contribution in [0.15, 0.2) is 102 Å². The third kappa shape index (κ3) is 4.86. The molecule has 49 heavy (non-hydrogen) atoms. The first-order chi connectivity index (χ1) is 23.5. The molecule has 2 amide bonds. The fraction of sp³-hybridized carbons (Fsp3) is 0.476. The van der Waals surface area contributed by atoms with Crippen LogP contribution in [0.25, 0.3) is 0 Å². The average molecular weight is 677 g/mol. The number of benzene rings is 2. The molecule has 7 heteroatoms. The molecule has 9 rings (SSSR count). The zero-order valence-electron chi connectivity index (χ0n) is 28.6. The fourth-order valence-electron chi connectivity index (χ4n) is 11.3. The molecule has 2 spiro atoms. The summed E-state index contributed by atoms with van der Waals surface area (Å²) in [6.45, 7) is 5.38. The van der Waals surface area contributed by atoms with Crippen LogP contribution in [0.5, 0.6) is 0 Å². The van der Waals surface area contributed by atoms with Gasteiger partial charge >= 0.3 is 6.03 Å². The molecule has 6 nitrogen and oxygen atoms in total. The normalized spacial score (nSPS) is 37.1. The van der Waals surface area contributed by atoms with Crippen LogP contribution in [-0.4, -0.2) is 51.7 Å². The number of aliphatic hydroxyl groups excluding tert-OH is 1. The number of hydrogen-bond acceptors (Lipinski definition) is 5. The van der Waals surface area contributed by atoms with Crippen molar-refractivity contribution in [2.75, 3.05) is 18.4 Å². The Bertz CT molecular complexity index is 1790. The Kier molecular flexibility index (Phi) is 7.86. The third-order valence-electron chi connectivity index (χ3n) is 14.0. The number of hydrogen-bond donors (Lipinski definition) is 3. The highest BCUT2D eigenvalue weighted by Crippen LogP contribution is 2.78. The summed E-state index contributed by atoms with van der Waals surface area (Å²) in [6.07, 6.45) is 12.7. The monoisotopic (exact) mass is 676 g/mol. The molecule has 6 aliphatic carbocycles. The summed E-state index contributed by atoms with van der Waals surface area (Å²) in [5, 5.41) is 29.1. The molecular formula is C42H48N2O4S. The number of allylic oxidation sites excluding steroid dienone is 4. The van der Waals surface area contributed by atoms with Crippen LogP contribution in [0, 0.1) is 33.5 Å². The lowest BCUT2D eigenvalue weighted by molar-refractivity contribution is -0.174. The minimum atomic E-state index is -1.13. The SMILES string of the molecule is C[C@]12CC[C@H]3[C@]4(C=C[C@@]5(C=C4C(=O)c4ccccc4)CC(O)CC[C@]35C)[C@@H]1CC[C@@]2(O)CN(CCc1cccs1)C(=O)Nc1ccccc1. The predicted molar refractivity (Wildman–Crippen MR) is 194 cm³/mol. The molecule has 3 N–H and O–H groups in total. The van der Waals surface area contributed by atoms with Crippen molar-refractivity contribution in [1.29, 1.82) is 0 Å². The van der Waals surface area contributed by atoms with Crippen LogP contribution in [0.3, 0.4) is 0 Å². The summed E-state index contributed by atoms with van der Waals surface area (Å²) in [5.41, 5.74) is -0.375. The van der Waals surface area contributed by atoms with Gasteiger partial charge < -0.3 is 20.4 Å². The first-order valence-electron chi connectivity index (χ1n) is 18.1. The van der Waals surface area contributed by atoms with E-state index in [1.165, 1.54) is 4.88 Å². The lowest BCUT2D eigenvalue weighted by Crippen LogP contribution is -2.67. The third-order valence-corrected chi connectivity index (χ3v) is 14.9. The summed E-state index contributed by atoms with van der Waals surface area (Å²) < 4.78 is 0. The Labute approximate surface area is 293 Å². The highest BCUT2D eigenvalue weighted by molar-refractivity contribution is 7.09. The number of carbonyl (C=O) groups excluding carboxylic acids is 2. The standard InChI is InChI=1S/C42H48N2O4S/c1-38-19-15-31(45)26-40(38)22-23-42(33(27-40)36(46)29-10-5-3-6-11-29)34(38)16-20-39(2)35(42)17-21-41(39,48)28-44(24-18-32-14-9-25-49-32)37(47)43-30-12-7-4-8-13-30/h3-14,22-23,25,27,31,34-35,45,48H,15-21,24,26,28H2,1-2H3,(H,43,47)/t31?,34-,35-,38-,39+,40+,41-,42-/m1/s1. The second-order valence-corrected chi connectivity index (χ2v) is 17.1. The van der Waals surface area contributed by atoms with Gasteiger partial charge in [-0.25, -0.2) is 4.79 Å². The van der Waals surface area contributed by atoms with Gasteiger partial charge in [0.2, 0.25) is 0 Å². The van der Waals surface area contributed by atoms with Crippen LogP contribution < -0.4 is 5.32 Å². The first kappa shape index (κ1) is 32.7. The van der Waals surface area contributed by atoms with Crippen molar-refractivity contribution in [2.45, 2.75) is 76.9 Å². The summed E-state index contributed by atoms with van der Waals surface area (Å²) >= 11 is 1.69. The predicted octanol–water partition coefficient (Wildman–Crippen LogP) is 8.30. The Balaban J connectivity index is 1.17. The zero-order chi connectivity index (χ0) is 34.1. The maximum absolute atomic E-state index is 14.7. The highest BCUT2D eigenvalue weighted by Gasteiger charge is 2.74. The van der Waals surface area contributed by atoms with Gasteiger partial charge in [0.15, 0.2) is 5.78 Å². The minimum Gasteiger partial charge on any atom is -0.393 e. The number of nitrogens with zero attached hydrogens (tertiary/aromatic N) is 1. The molecule has 0 saturated heterocycles. The zero-order valence-corrected chi connectivity index (χ0v) is 29.4. The van der Waals surface area contributed by atoms with E-state index in [1.807, 2.05) is 71.6 Å². The molecule has 1 unspecified atom stereocenters. The summed E-state index contributed by atoms with van der Waals surface area (Å²) in [5.74, 6) is 0.315. The number of urea groups is 1. The van der Waals surface area contributed by atoms with Gasteiger partial charge in [0.1, 0.15) is 0 Å². The Hall–Kier alpha value is -3.52. The molecule has 2 bridgehead atoms. The number of para-hydroxylation sites is 1. The minimum absolute atomic E-state index is 0.0252. The van der Waals surface area contributed by atoms with Crippen molar-refractivity contribution >= 4 is 28.8 Å². The van der Waals surface area contributed by atoms with Gasteiger partial charge in [-0.05, 0) is 92.2 Å². The van der Waals surface area contributed by atoms with Gasteiger partial charge in [0.05, 0.1) is 18.2 Å². The average Bonchev–Trinajstić information content (AvgIpc) is 3.72. The van der Waals surface area contributed by atoms with Crippen molar-refractivity contribution in [1.82, 2.24) is 4.90 Å². The topological polar surface area (TPSA) is 89.9 Å². The number of aliphatic hydroxyl groups is 2. The van der Waals surface area contributed by atoms with Gasteiger partial charge in [0, 0.05) is 44.5 Å². The summed E-state index contributed by atoms with van der Waals surface area (Å²) in [7, 11) is 0. The summed E-state index contributed by atoms with van der Waals surface area (Å²) in [4.78, 5) is 31.7. The highest BCUT2D eigenvalue weighted by atomic mass is 32.1. The summed E-state index contributed by atoms with van der Waals surface area (Å²) in [6, 6.07) is 23.1. The maximum atomic E-state index is 14.7. The number of nitrogens with one attached hydrogen (secondary N) is 1. The lowest BCUT2D eigenvalue weighted by atomic mass is 9.32. The number of Topliss-reactive ketones (excluding diaryl/α,β-unsaturated/α-hetero) is 1. The van der Waals surface area contributed by atoms with E-state index < -0.39 is 16.4 Å². The number of carbonyl (C=O) groups is 2. The van der Waals surface area contributed by atoms with Crippen LogP contribution in [0.2, 0.25) is 0 Å². The van der Waals surface area contributed by atoms with E-state index in [0.717, 1.165) is 49.8 Å². The second-order valence-electron chi connectivity index (χ2n) is 16.1. The fourth-order valence-corrected chi connectivity index (χ4v) is 12.0. The number of anilines is 1. The number of rotatable bonds is 8. The van der Waals surface area contributed by atoms with Crippen molar-refractivity contribution in [3.05, 3.63) is 112 Å². The van der Waals surface area contributed by atoms with Crippen LogP contribution >= 0.6 is 11.3 Å². The van der Waals surface area contributed by atoms with E-state index in [9.17, 15) is 19.8 Å². The van der Waals surface area contributed by atoms with Crippen molar-refractivity contribution in [3.63, 3.8) is 0 Å². The molecule has 256 valence electrons. The molecular weight excluding hydrogens is 629 g/mol. The van der Waals surface area contributed by atoms with E-state index >= 15 is 0 Å². The molecule has 0 radical (unpaired) electrons. The Morgan fingerprint density at radius 3 is 2.31 bits per heavy atom. The molecule has 1 aromatic heterocycles. The van der Waals surface area contributed by atoms with E-state index in [1.54, 1.807) is 11.3 Å². The van der Waals surface area contributed by atoms with Gasteiger partial charge in [-0.1, -0.05) is 86.7 Å². The van der Waals surface area contributed by atoms with Gasteiger partial charge in [0.25, 0.3) is 0 Å². The van der Waals surface area contributed by atoms with E-state index in [4.69, 9.17) is 0 Å². The van der Waals surface area contributed by atoms with Crippen LogP contribution in [0.1, 0.15) is 74.0 Å². The molecule has 2 aromatic carbocycles. The quantitative estimate of drug-likeness (QED) is 0.165. The second kappa shape index (κ2) is 11.8. The van der Waals surface area contributed by atoms with E-state index in [-0.39, 0.29) is 47.1 Å². The Morgan fingerprint density at radius 1 is 0.878 bits per heavy atom. The molecule has 6 aliphatic rings. The first-order valence-corrected chi connectivity index (χ1v) is 19.0. The molecule has 3 fully saturated rings. The molecule has 3 saturated carbocycles. The molecule has 0 aliphatic heterocycles. The van der Waals surface area contributed by atoms with E-state index in [0.29, 0.717) is 24.9 Å². The largest absolute Gasteiger partial charge is 0.393 e. The number of thiophene rings is 1. The number of fused-ring (bicyclic) bond motifs is 1. The maximum Gasteiger partial charge on any atom is 0.321 e. The van der Waals surface area contributed by atoms with Crippen molar-refractivity contribution in [2.24, 2.45) is 33.5 Å². The Morgan fingerprint density at radius 2 is 1.57 bits per heavy atom. The van der Waals surface area contributed by atoms with E-state index in [2.05, 4.69) is 48.8 Å².